The zero-order chi connectivity index (χ0) is 12.5. The number of aliphatic hydroxyl groups is 1. The monoisotopic (exact) mass is 250 g/mol. The summed E-state index contributed by atoms with van der Waals surface area (Å²) in [6.45, 7) is 1.73. The number of aromatic nitrogens is 4. The van der Waals surface area contributed by atoms with Crippen molar-refractivity contribution in [1.82, 2.24) is 20.2 Å². The lowest BCUT2D eigenvalue weighted by atomic mass is 10.2. The lowest BCUT2D eigenvalue weighted by molar-refractivity contribution is 0.0724. The maximum atomic E-state index is 9.39. The summed E-state index contributed by atoms with van der Waals surface area (Å²) in [5.74, 6) is 0.874. The number of rotatable bonds is 2. The molecule has 8 nitrogen and oxygen atoms in total. The fraction of sp³-hybridized carbons (Fsp3) is 0.500. The van der Waals surface area contributed by atoms with E-state index >= 15 is 0 Å². The number of morpholine rings is 1. The molecule has 8 heteroatoms. The van der Waals surface area contributed by atoms with Crippen LogP contribution in [-0.4, -0.2) is 57.7 Å². The van der Waals surface area contributed by atoms with Gasteiger partial charge < -0.3 is 20.5 Å². The number of ether oxygens (including phenoxy) is 1. The van der Waals surface area contributed by atoms with Gasteiger partial charge in [-0.15, -0.1) is 0 Å². The molecule has 96 valence electrons. The van der Waals surface area contributed by atoms with Crippen LogP contribution in [-0.2, 0) is 4.74 Å². The molecule has 1 unspecified atom stereocenters. The molecule has 18 heavy (non-hydrogen) atoms. The molecule has 0 bridgehead atoms. The number of nitrogen functional groups attached to an aromatic ring is 1. The third-order valence-electron chi connectivity index (χ3n) is 3.02. The summed E-state index contributed by atoms with van der Waals surface area (Å²) in [5, 5.41) is 16.9. The number of H-pyrrole nitrogens is 1. The van der Waals surface area contributed by atoms with Crippen LogP contribution < -0.4 is 10.6 Å². The largest absolute Gasteiger partial charge is 0.394 e. The molecule has 1 fully saturated rings. The Morgan fingerprint density at radius 1 is 1.56 bits per heavy atom. The number of nitrogens with zero attached hydrogens (tertiary/aromatic N) is 4. The molecular weight excluding hydrogens is 236 g/mol. The SMILES string of the molecule is Nc1nc(N2CCOCC2CO)c2cn[nH]c2n1. The highest BCUT2D eigenvalue weighted by Gasteiger charge is 2.26. The molecule has 1 aliphatic rings. The molecule has 1 aliphatic heterocycles. The van der Waals surface area contributed by atoms with E-state index in [-0.39, 0.29) is 18.6 Å². The number of aromatic amines is 1. The van der Waals surface area contributed by atoms with Crippen molar-refractivity contribution in [3.05, 3.63) is 6.20 Å². The number of anilines is 2. The number of hydrogen-bond acceptors (Lipinski definition) is 7. The van der Waals surface area contributed by atoms with Crippen molar-refractivity contribution in [1.29, 1.82) is 0 Å². The average molecular weight is 250 g/mol. The van der Waals surface area contributed by atoms with Gasteiger partial charge in [-0.25, -0.2) is 0 Å². The Balaban J connectivity index is 2.08. The molecule has 0 aromatic carbocycles. The maximum absolute atomic E-state index is 9.39. The van der Waals surface area contributed by atoms with Crippen LogP contribution in [0.15, 0.2) is 6.20 Å². The number of aliphatic hydroxyl groups excluding tert-OH is 1. The van der Waals surface area contributed by atoms with Gasteiger partial charge in [-0.05, 0) is 0 Å². The lowest BCUT2D eigenvalue weighted by Crippen LogP contribution is -2.48. The van der Waals surface area contributed by atoms with Gasteiger partial charge in [0.1, 0.15) is 5.82 Å². The molecular formula is C10H14N6O2. The zero-order valence-corrected chi connectivity index (χ0v) is 9.70. The number of nitrogens with two attached hydrogens (primary N) is 1. The first-order valence-corrected chi connectivity index (χ1v) is 5.71. The molecule has 4 N–H and O–H groups in total. The van der Waals surface area contributed by atoms with Crippen molar-refractivity contribution < 1.29 is 9.84 Å². The molecule has 3 rings (SSSR count). The van der Waals surface area contributed by atoms with Gasteiger partial charge in [-0.3, -0.25) is 5.10 Å². The second-order valence-corrected chi connectivity index (χ2v) is 4.14. The summed E-state index contributed by atoms with van der Waals surface area (Å²) in [4.78, 5) is 10.3. The molecule has 0 saturated carbocycles. The number of fused-ring (bicyclic) bond motifs is 1. The minimum absolute atomic E-state index is 0.00323. The molecule has 0 radical (unpaired) electrons. The Hall–Kier alpha value is -1.93. The van der Waals surface area contributed by atoms with Gasteiger partial charge in [0, 0.05) is 6.54 Å². The summed E-state index contributed by atoms with van der Waals surface area (Å²) >= 11 is 0. The Kier molecular flexibility index (Phi) is 2.73. The first-order chi connectivity index (χ1) is 8.79. The van der Waals surface area contributed by atoms with Gasteiger partial charge in [0.2, 0.25) is 5.95 Å². The Morgan fingerprint density at radius 3 is 3.28 bits per heavy atom. The van der Waals surface area contributed by atoms with Crippen LogP contribution in [0, 0.1) is 0 Å². The van der Waals surface area contributed by atoms with Gasteiger partial charge in [0.15, 0.2) is 5.65 Å². The smallest absolute Gasteiger partial charge is 0.224 e. The van der Waals surface area contributed by atoms with Crippen LogP contribution in [0.4, 0.5) is 11.8 Å². The van der Waals surface area contributed by atoms with E-state index in [1.54, 1.807) is 6.20 Å². The molecule has 2 aromatic rings. The van der Waals surface area contributed by atoms with E-state index in [1.165, 1.54) is 0 Å². The normalized spacial score (nSPS) is 20.5. The molecule has 0 amide bonds. The predicted molar refractivity (Wildman–Crippen MR) is 65.1 cm³/mol. The minimum Gasteiger partial charge on any atom is -0.394 e. The van der Waals surface area contributed by atoms with E-state index in [0.29, 0.717) is 31.2 Å². The second kappa shape index (κ2) is 4.39. The van der Waals surface area contributed by atoms with E-state index in [0.717, 1.165) is 5.39 Å². The molecule has 1 saturated heterocycles. The predicted octanol–water partition coefficient (Wildman–Crippen LogP) is -0.867. The van der Waals surface area contributed by atoms with E-state index in [4.69, 9.17) is 10.5 Å². The highest BCUT2D eigenvalue weighted by molar-refractivity contribution is 5.87. The van der Waals surface area contributed by atoms with Crippen LogP contribution in [0.1, 0.15) is 0 Å². The van der Waals surface area contributed by atoms with Gasteiger partial charge >= 0.3 is 0 Å². The summed E-state index contributed by atoms with van der Waals surface area (Å²) in [5.41, 5.74) is 6.28. The van der Waals surface area contributed by atoms with Crippen molar-refractivity contribution in [2.24, 2.45) is 0 Å². The number of hydrogen-bond donors (Lipinski definition) is 3. The molecule has 0 spiro atoms. The second-order valence-electron chi connectivity index (χ2n) is 4.14. The quantitative estimate of drug-likeness (QED) is 0.635. The third-order valence-corrected chi connectivity index (χ3v) is 3.02. The topological polar surface area (TPSA) is 113 Å². The Bertz CT molecular complexity index is 556. The van der Waals surface area contributed by atoms with Crippen molar-refractivity contribution in [3.8, 4) is 0 Å². The highest BCUT2D eigenvalue weighted by Crippen LogP contribution is 2.25. The summed E-state index contributed by atoms with van der Waals surface area (Å²) in [6, 6.07) is -0.119. The molecule has 2 aromatic heterocycles. The van der Waals surface area contributed by atoms with Crippen LogP contribution in [0.3, 0.4) is 0 Å². The van der Waals surface area contributed by atoms with Gasteiger partial charge in [-0.2, -0.15) is 15.1 Å². The standard InChI is InChI=1S/C10H14N6O2/c11-10-13-8-7(3-12-15-8)9(14-10)16-1-2-18-5-6(16)4-17/h3,6,17H,1-2,4-5H2,(H3,11,12,13,14,15). The van der Waals surface area contributed by atoms with Crippen molar-refractivity contribution in [2.75, 3.05) is 37.0 Å². The highest BCUT2D eigenvalue weighted by atomic mass is 16.5. The lowest BCUT2D eigenvalue weighted by Gasteiger charge is -2.35. The van der Waals surface area contributed by atoms with E-state index in [2.05, 4.69) is 20.2 Å². The maximum Gasteiger partial charge on any atom is 0.224 e. The summed E-state index contributed by atoms with van der Waals surface area (Å²) < 4.78 is 5.35. The van der Waals surface area contributed by atoms with Crippen LogP contribution in [0.5, 0.6) is 0 Å². The molecule has 3 heterocycles. The molecule has 1 atom stereocenters. The minimum atomic E-state index is -0.119. The average Bonchev–Trinajstić information content (AvgIpc) is 2.85. The third kappa shape index (κ3) is 1.75. The van der Waals surface area contributed by atoms with E-state index in [1.807, 2.05) is 4.90 Å². The van der Waals surface area contributed by atoms with Crippen LogP contribution in [0.2, 0.25) is 0 Å². The first kappa shape index (κ1) is 11.2. The Labute approximate surface area is 103 Å². The van der Waals surface area contributed by atoms with Gasteiger partial charge in [0.25, 0.3) is 0 Å². The fourth-order valence-electron chi connectivity index (χ4n) is 2.14. The zero-order valence-electron chi connectivity index (χ0n) is 9.70. The van der Waals surface area contributed by atoms with Gasteiger partial charge in [0.05, 0.1) is 37.4 Å². The summed E-state index contributed by atoms with van der Waals surface area (Å²) in [6.07, 6.45) is 1.66. The van der Waals surface area contributed by atoms with E-state index in [9.17, 15) is 5.11 Å². The number of nitrogens with one attached hydrogen (secondary N) is 1. The first-order valence-electron chi connectivity index (χ1n) is 5.71. The van der Waals surface area contributed by atoms with Crippen molar-refractivity contribution in [3.63, 3.8) is 0 Å². The van der Waals surface area contributed by atoms with Crippen LogP contribution >= 0.6 is 0 Å². The van der Waals surface area contributed by atoms with Crippen molar-refractivity contribution in [2.45, 2.75) is 6.04 Å². The summed E-state index contributed by atoms with van der Waals surface area (Å²) in [7, 11) is 0. The fourth-order valence-corrected chi connectivity index (χ4v) is 2.14. The van der Waals surface area contributed by atoms with Gasteiger partial charge in [-0.1, -0.05) is 0 Å². The van der Waals surface area contributed by atoms with Crippen LogP contribution in [0.25, 0.3) is 11.0 Å². The Morgan fingerprint density at radius 2 is 2.44 bits per heavy atom. The van der Waals surface area contributed by atoms with Crippen molar-refractivity contribution >= 4 is 22.8 Å². The molecule has 0 aliphatic carbocycles. The van der Waals surface area contributed by atoms with E-state index < -0.39 is 0 Å².